The van der Waals surface area contributed by atoms with Crippen molar-refractivity contribution in [1.29, 1.82) is 0 Å². The molecule has 0 aromatic heterocycles. The highest BCUT2D eigenvalue weighted by atomic mass is 28.4. The van der Waals surface area contributed by atoms with E-state index in [2.05, 4.69) is 39.7 Å². The predicted molar refractivity (Wildman–Crippen MR) is 149 cm³/mol. The van der Waals surface area contributed by atoms with E-state index < -0.39 is 16.6 Å². The molecule has 0 fully saturated rings. The van der Waals surface area contributed by atoms with Crippen LogP contribution in [0.5, 0.6) is 17.2 Å². The van der Waals surface area contributed by atoms with E-state index in [4.69, 9.17) is 18.3 Å². The van der Waals surface area contributed by atoms with Crippen molar-refractivity contribution in [3.8, 4) is 17.2 Å². The van der Waals surface area contributed by atoms with Gasteiger partial charge in [-0.1, -0.05) is 32.6 Å². The minimum Gasteiger partial charge on any atom is -0.494 e. The van der Waals surface area contributed by atoms with Gasteiger partial charge in [0.2, 0.25) is 0 Å². The third-order valence-electron chi connectivity index (χ3n) is 5.42. The lowest BCUT2D eigenvalue weighted by Gasteiger charge is -2.31. The van der Waals surface area contributed by atoms with Crippen molar-refractivity contribution in [2.75, 3.05) is 13.2 Å². The van der Waals surface area contributed by atoms with Gasteiger partial charge in [0.15, 0.2) is 16.6 Å². The molecule has 0 amide bonds. The topological polar surface area (TPSA) is 54.0 Å². The third-order valence-corrected chi connectivity index (χ3v) is 11.6. The number of benzene rings is 2. The minimum atomic E-state index is -1.52. The first-order valence-corrected chi connectivity index (χ1v) is 19.5. The highest BCUT2D eigenvalue weighted by molar-refractivity contribution is 6.84. The van der Waals surface area contributed by atoms with Crippen molar-refractivity contribution in [1.82, 2.24) is 0 Å². The summed E-state index contributed by atoms with van der Waals surface area (Å²) in [5, 5.41) is 0. The van der Waals surface area contributed by atoms with Crippen LogP contribution in [-0.2, 0) is 4.12 Å². The number of unbranched alkanes of at least 4 members (excludes halogenated alkanes) is 4. The number of carbonyl (C=O) groups is 1. The van der Waals surface area contributed by atoms with Crippen LogP contribution in [0.1, 0.15) is 55.8 Å². The van der Waals surface area contributed by atoms with E-state index in [1.54, 1.807) is 24.3 Å². The summed E-state index contributed by atoms with van der Waals surface area (Å²) in [5.41, 5.74) is 0.493. The largest absolute Gasteiger partial charge is 0.494 e. The van der Waals surface area contributed by atoms with Gasteiger partial charge in [-0.2, -0.15) is 0 Å². The van der Waals surface area contributed by atoms with Crippen molar-refractivity contribution >= 4 is 22.6 Å². The second-order valence-corrected chi connectivity index (χ2v) is 19.6. The lowest BCUT2D eigenvalue weighted by molar-refractivity contribution is 0.0734. The maximum Gasteiger partial charge on any atom is 0.343 e. The van der Waals surface area contributed by atoms with Gasteiger partial charge in [0.1, 0.15) is 17.2 Å². The molecule has 0 unspecified atom stereocenters. The molecule has 0 radical (unpaired) electrons. The predicted octanol–water partition coefficient (Wildman–Crippen LogP) is 8.08. The Morgan fingerprint density at radius 1 is 0.686 bits per heavy atom. The first-order valence-electron chi connectivity index (χ1n) is 13.0. The average Bonchev–Trinajstić information content (AvgIpc) is 2.78. The van der Waals surface area contributed by atoms with Gasteiger partial charge in [-0.3, -0.25) is 0 Å². The lowest BCUT2D eigenvalue weighted by Crippen LogP contribution is -2.42. The summed E-state index contributed by atoms with van der Waals surface area (Å²) in [6.45, 7) is 15.0. The molecule has 0 N–H and O–H groups in total. The molecule has 0 saturated carbocycles. The fourth-order valence-electron chi connectivity index (χ4n) is 3.87. The Morgan fingerprint density at radius 2 is 1.20 bits per heavy atom. The van der Waals surface area contributed by atoms with E-state index in [0.717, 1.165) is 37.2 Å². The summed E-state index contributed by atoms with van der Waals surface area (Å²) in [7, 11) is -2.96. The zero-order chi connectivity index (χ0) is 25.7. The zero-order valence-corrected chi connectivity index (χ0v) is 24.5. The molecule has 0 saturated heterocycles. The first kappa shape index (κ1) is 29.1. The summed E-state index contributed by atoms with van der Waals surface area (Å²) in [6, 6.07) is 15.5. The van der Waals surface area contributed by atoms with Crippen LogP contribution in [0.2, 0.25) is 38.8 Å². The molecule has 5 nitrogen and oxygen atoms in total. The molecule has 7 heteroatoms. The van der Waals surface area contributed by atoms with Crippen LogP contribution in [0, 0.1) is 0 Å². The van der Waals surface area contributed by atoms with Gasteiger partial charge in [0.05, 0.1) is 18.8 Å². The standard InChI is InChI=1S/C28H44O5Si2/c1-7-8-21-30-26-17-19-27(20-18-26)32-28(29)24-13-15-25(16-14-24)31-22-11-9-10-12-23-35(5,6)33-34(2,3)4/h13-20H,7-12,21-23H2,1-6H3. The molecule has 0 aliphatic carbocycles. The number of hydrogen-bond acceptors (Lipinski definition) is 5. The first-order chi connectivity index (χ1) is 16.6. The highest BCUT2D eigenvalue weighted by Gasteiger charge is 2.28. The second kappa shape index (κ2) is 14.5. The zero-order valence-electron chi connectivity index (χ0n) is 22.5. The van der Waals surface area contributed by atoms with Gasteiger partial charge < -0.3 is 18.3 Å². The molecule has 0 bridgehead atoms. The van der Waals surface area contributed by atoms with Gasteiger partial charge in [-0.05, 0) is 100 Å². The van der Waals surface area contributed by atoms with Crippen molar-refractivity contribution in [3.05, 3.63) is 54.1 Å². The van der Waals surface area contributed by atoms with E-state index in [1.165, 1.54) is 18.9 Å². The summed E-state index contributed by atoms with van der Waals surface area (Å²) < 4.78 is 23.4. The number of hydrogen-bond donors (Lipinski definition) is 0. The van der Waals surface area contributed by atoms with E-state index in [1.807, 2.05) is 24.3 Å². The van der Waals surface area contributed by atoms with Crippen LogP contribution in [0.15, 0.2) is 48.5 Å². The Kier molecular flexibility index (Phi) is 12.0. The van der Waals surface area contributed by atoms with Crippen LogP contribution >= 0.6 is 0 Å². The van der Waals surface area contributed by atoms with Crippen LogP contribution in [-0.4, -0.2) is 35.8 Å². The van der Waals surface area contributed by atoms with Gasteiger partial charge in [0.25, 0.3) is 0 Å². The Hall–Kier alpha value is -2.10. The minimum absolute atomic E-state index is 0.388. The van der Waals surface area contributed by atoms with Gasteiger partial charge in [-0.15, -0.1) is 0 Å². The maximum absolute atomic E-state index is 12.4. The quantitative estimate of drug-likeness (QED) is 0.0977. The van der Waals surface area contributed by atoms with E-state index >= 15 is 0 Å². The third kappa shape index (κ3) is 12.4. The molecule has 0 aliphatic rings. The summed E-state index contributed by atoms with van der Waals surface area (Å²) in [4.78, 5) is 12.4. The smallest absolute Gasteiger partial charge is 0.343 e. The van der Waals surface area contributed by atoms with Crippen molar-refractivity contribution in [2.45, 2.75) is 84.2 Å². The van der Waals surface area contributed by atoms with Gasteiger partial charge >= 0.3 is 5.97 Å². The van der Waals surface area contributed by atoms with Crippen molar-refractivity contribution in [2.24, 2.45) is 0 Å². The maximum atomic E-state index is 12.4. The van der Waals surface area contributed by atoms with Crippen LogP contribution in [0.3, 0.4) is 0 Å². The van der Waals surface area contributed by atoms with Gasteiger partial charge in [-0.25, -0.2) is 4.79 Å². The fraction of sp³-hybridized carbons (Fsp3) is 0.536. The Balaban J connectivity index is 1.65. The SMILES string of the molecule is CCCCOc1ccc(OC(=O)c2ccc(OCCCCCC[Si](C)(C)O[Si](C)(C)C)cc2)cc1. The summed E-state index contributed by atoms with van der Waals surface area (Å²) >= 11 is 0. The fourth-order valence-corrected chi connectivity index (χ4v) is 12.0. The molecule has 194 valence electrons. The highest BCUT2D eigenvalue weighted by Crippen LogP contribution is 2.22. The molecule has 2 aromatic rings. The molecular formula is C28H44O5Si2. The molecule has 2 rings (SSSR count). The number of rotatable bonds is 16. The number of ether oxygens (including phenoxy) is 3. The van der Waals surface area contributed by atoms with Gasteiger partial charge in [0, 0.05) is 0 Å². The molecule has 2 aromatic carbocycles. The summed E-state index contributed by atoms with van der Waals surface area (Å²) in [5.74, 6) is 1.66. The van der Waals surface area contributed by atoms with Crippen LogP contribution in [0.25, 0.3) is 0 Å². The van der Waals surface area contributed by atoms with Crippen molar-refractivity contribution < 1.29 is 23.1 Å². The Labute approximate surface area is 214 Å². The molecule has 0 spiro atoms. The molecule has 0 atom stereocenters. The van der Waals surface area contributed by atoms with E-state index in [0.29, 0.717) is 24.5 Å². The normalized spacial score (nSPS) is 11.8. The molecule has 35 heavy (non-hydrogen) atoms. The Morgan fingerprint density at radius 3 is 1.77 bits per heavy atom. The Bertz CT molecular complexity index is 874. The van der Waals surface area contributed by atoms with Crippen LogP contribution in [0.4, 0.5) is 0 Å². The van der Waals surface area contributed by atoms with Crippen LogP contribution < -0.4 is 14.2 Å². The van der Waals surface area contributed by atoms with E-state index in [9.17, 15) is 4.79 Å². The summed E-state index contributed by atoms with van der Waals surface area (Å²) in [6.07, 6.45) is 6.74. The van der Waals surface area contributed by atoms with Crippen molar-refractivity contribution in [3.63, 3.8) is 0 Å². The molecular weight excluding hydrogens is 472 g/mol. The average molecular weight is 517 g/mol. The molecule has 0 heterocycles. The number of esters is 1. The van der Waals surface area contributed by atoms with E-state index in [-0.39, 0.29) is 5.97 Å². The number of carbonyl (C=O) groups excluding carboxylic acids is 1. The lowest BCUT2D eigenvalue weighted by atomic mass is 10.2. The molecule has 0 aliphatic heterocycles. The monoisotopic (exact) mass is 516 g/mol. The second-order valence-electron chi connectivity index (χ2n) is 10.6.